The summed E-state index contributed by atoms with van der Waals surface area (Å²) < 4.78 is 7.98. The van der Waals surface area contributed by atoms with Gasteiger partial charge in [0.1, 0.15) is 11.9 Å². The molecule has 0 aromatic carbocycles. The lowest BCUT2D eigenvalue weighted by Gasteiger charge is -2.17. The average Bonchev–Trinajstić information content (AvgIpc) is 3.22. The number of likely N-dealkylation sites (tertiary alicyclic amines) is 1. The highest BCUT2D eigenvalue weighted by atomic mass is 16.5. The van der Waals surface area contributed by atoms with Crippen molar-refractivity contribution in [1.29, 1.82) is 0 Å². The molecule has 0 amide bonds. The molecule has 1 atom stereocenters. The molecule has 1 aliphatic heterocycles. The zero-order chi connectivity index (χ0) is 17.2. The Morgan fingerprint density at radius 3 is 3.00 bits per heavy atom. The van der Waals surface area contributed by atoms with Crippen LogP contribution in [0.4, 0.5) is 0 Å². The van der Waals surface area contributed by atoms with Crippen molar-refractivity contribution in [3.63, 3.8) is 0 Å². The second kappa shape index (κ2) is 6.80. The van der Waals surface area contributed by atoms with Crippen LogP contribution in [0.15, 0.2) is 43.0 Å². The van der Waals surface area contributed by atoms with E-state index < -0.39 is 0 Å². The van der Waals surface area contributed by atoms with E-state index >= 15 is 0 Å². The normalized spacial score (nSPS) is 18.3. The van der Waals surface area contributed by atoms with Crippen molar-refractivity contribution in [3.05, 3.63) is 48.5 Å². The van der Waals surface area contributed by atoms with Crippen molar-refractivity contribution in [3.8, 4) is 5.75 Å². The maximum atomic E-state index is 6.01. The molecular formula is C19H23N5O. The van der Waals surface area contributed by atoms with Gasteiger partial charge >= 0.3 is 0 Å². The topological polar surface area (TPSA) is 56.1 Å². The molecule has 25 heavy (non-hydrogen) atoms. The number of ether oxygens (including phenoxy) is 1. The first kappa shape index (κ1) is 16.0. The number of hydrogen-bond donors (Lipinski definition) is 0. The van der Waals surface area contributed by atoms with E-state index in [0.717, 1.165) is 42.8 Å². The smallest absolute Gasteiger partial charge is 0.157 e. The van der Waals surface area contributed by atoms with Gasteiger partial charge in [-0.1, -0.05) is 0 Å². The van der Waals surface area contributed by atoms with Gasteiger partial charge in [0, 0.05) is 43.5 Å². The van der Waals surface area contributed by atoms with Gasteiger partial charge in [-0.05, 0) is 44.0 Å². The fourth-order valence-electron chi connectivity index (χ4n) is 3.35. The molecule has 0 spiro atoms. The predicted molar refractivity (Wildman–Crippen MR) is 96.5 cm³/mol. The summed E-state index contributed by atoms with van der Waals surface area (Å²) in [7, 11) is 0. The summed E-state index contributed by atoms with van der Waals surface area (Å²) in [5.74, 6) is 0.846. The summed E-state index contributed by atoms with van der Waals surface area (Å²) in [5.41, 5.74) is 2.18. The first-order chi connectivity index (χ1) is 12.2. The summed E-state index contributed by atoms with van der Waals surface area (Å²) in [4.78, 5) is 11.1. The van der Waals surface area contributed by atoms with E-state index in [2.05, 4.69) is 39.9 Å². The Bertz CT molecular complexity index is 845. The molecule has 1 fully saturated rings. The predicted octanol–water partition coefficient (Wildman–Crippen LogP) is 3.06. The molecule has 0 N–H and O–H groups in total. The first-order valence-corrected chi connectivity index (χ1v) is 8.80. The lowest BCUT2D eigenvalue weighted by molar-refractivity contribution is 0.197. The molecule has 6 heteroatoms. The Labute approximate surface area is 147 Å². The third kappa shape index (κ3) is 3.49. The van der Waals surface area contributed by atoms with E-state index in [4.69, 9.17) is 4.74 Å². The maximum absolute atomic E-state index is 6.01. The third-order valence-electron chi connectivity index (χ3n) is 4.55. The monoisotopic (exact) mass is 337 g/mol. The summed E-state index contributed by atoms with van der Waals surface area (Å²) in [5, 5.41) is 5.55. The van der Waals surface area contributed by atoms with Gasteiger partial charge in [0.25, 0.3) is 0 Å². The molecule has 130 valence electrons. The Kier molecular flexibility index (Phi) is 4.36. The van der Waals surface area contributed by atoms with Gasteiger partial charge in [-0.2, -0.15) is 5.10 Å². The van der Waals surface area contributed by atoms with Crippen molar-refractivity contribution in [2.24, 2.45) is 0 Å². The van der Waals surface area contributed by atoms with Gasteiger partial charge in [0.05, 0.1) is 12.4 Å². The highest BCUT2D eigenvalue weighted by molar-refractivity contribution is 5.75. The van der Waals surface area contributed by atoms with Crippen LogP contribution in [0.5, 0.6) is 5.75 Å². The van der Waals surface area contributed by atoms with Gasteiger partial charge in [-0.15, -0.1) is 0 Å². The molecule has 0 aliphatic carbocycles. The lowest BCUT2D eigenvalue weighted by Crippen LogP contribution is -2.24. The minimum Gasteiger partial charge on any atom is -0.487 e. The zero-order valence-electron chi connectivity index (χ0n) is 14.7. The fraction of sp³-hybridized carbons (Fsp3) is 0.421. The van der Waals surface area contributed by atoms with E-state index in [0.29, 0.717) is 6.04 Å². The van der Waals surface area contributed by atoms with E-state index in [9.17, 15) is 0 Å². The van der Waals surface area contributed by atoms with Crippen LogP contribution in [-0.4, -0.2) is 43.8 Å². The van der Waals surface area contributed by atoms with Crippen LogP contribution in [0.3, 0.4) is 0 Å². The highest BCUT2D eigenvalue weighted by Crippen LogP contribution is 2.21. The van der Waals surface area contributed by atoms with Crippen LogP contribution in [0.2, 0.25) is 0 Å². The Morgan fingerprint density at radius 1 is 1.28 bits per heavy atom. The Morgan fingerprint density at radius 2 is 2.20 bits per heavy atom. The van der Waals surface area contributed by atoms with Crippen LogP contribution in [0.25, 0.3) is 11.0 Å². The molecule has 1 unspecified atom stereocenters. The number of rotatable bonds is 5. The minimum absolute atomic E-state index is 0.226. The van der Waals surface area contributed by atoms with Crippen LogP contribution < -0.4 is 4.74 Å². The van der Waals surface area contributed by atoms with Crippen LogP contribution in [0.1, 0.15) is 31.9 Å². The highest BCUT2D eigenvalue weighted by Gasteiger charge is 2.24. The van der Waals surface area contributed by atoms with Crippen LogP contribution in [-0.2, 0) is 6.54 Å². The van der Waals surface area contributed by atoms with Gasteiger partial charge in [0.2, 0.25) is 0 Å². The summed E-state index contributed by atoms with van der Waals surface area (Å²) >= 11 is 0. The molecule has 3 aromatic rings. The molecule has 0 bridgehead atoms. The average molecular weight is 337 g/mol. The molecule has 1 aliphatic rings. The van der Waals surface area contributed by atoms with Gasteiger partial charge in [-0.3, -0.25) is 9.88 Å². The van der Waals surface area contributed by atoms with E-state index in [1.54, 1.807) is 12.4 Å². The number of pyridine rings is 2. The first-order valence-electron chi connectivity index (χ1n) is 8.80. The van der Waals surface area contributed by atoms with Gasteiger partial charge in [0.15, 0.2) is 5.65 Å². The molecule has 4 rings (SSSR count). The van der Waals surface area contributed by atoms with Crippen molar-refractivity contribution < 1.29 is 4.74 Å². The van der Waals surface area contributed by atoms with Crippen molar-refractivity contribution in [2.45, 2.75) is 39.0 Å². The summed E-state index contributed by atoms with van der Waals surface area (Å²) in [6, 6.07) is 6.38. The van der Waals surface area contributed by atoms with E-state index in [1.165, 1.54) is 5.56 Å². The second-order valence-electron chi connectivity index (χ2n) is 6.89. The summed E-state index contributed by atoms with van der Waals surface area (Å²) in [6.07, 6.45) is 8.67. The minimum atomic E-state index is 0.226. The molecule has 0 saturated carbocycles. The molecule has 0 radical (unpaired) electrons. The Balaban J connectivity index is 1.40. The van der Waals surface area contributed by atoms with Crippen LogP contribution in [0, 0.1) is 0 Å². The number of nitrogens with zero attached hydrogens (tertiary/aromatic N) is 5. The molecule has 3 aromatic heterocycles. The summed E-state index contributed by atoms with van der Waals surface area (Å²) in [6.45, 7) is 7.10. The SMILES string of the molecule is CC(C)n1ncc2cc(CN3CCC(Oc4cccnc4)C3)cnc21. The van der Waals surface area contributed by atoms with E-state index in [1.807, 2.05) is 29.2 Å². The van der Waals surface area contributed by atoms with Crippen molar-refractivity contribution >= 4 is 11.0 Å². The Hall–Kier alpha value is -2.47. The van der Waals surface area contributed by atoms with Crippen molar-refractivity contribution in [2.75, 3.05) is 13.1 Å². The van der Waals surface area contributed by atoms with Crippen molar-refractivity contribution in [1.82, 2.24) is 24.6 Å². The van der Waals surface area contributed by atoms with Gasteiger partial charge < -0.3 is 4.74 Å². The second-order valence-corrected chi connectivity index (χ2v) is 6.89. The number of fused-ring (bicyclic) bond motifs is 1. The van der Waals surface area contributed by atoms with E-state index in [-0.39, 0.29) is 6.10 Å². The standard InChI is InChI=1S/C19H23N5O/c1-14(2)24-19-16(10-22-24)8-15(9-21-19)12-23-7-5-18(13-23)25-17-4-3-6-20-11-17/h3-4,6,8-11,14,18H,5,7,12-13H2,1-2H3. The quantitative estimate of drug-likeness (QED) is 0.716. The maximum Gasteiger partial charge on any atom is 0.157 e. The lowest BCUT2D eigenvalue weighted by atomic mass is 10.2. The third-order valence-corrected chi connectivity index (χ3v) is 4.55. The molecule has 1 saturated heterocycles. The van der Waals surface area contributed by atoms with Crippen LogP contribution >= 0.6 is 0 Å². The number of hydrogen-bond acceptors (Lipinski definition) is 5. The fourth-order valence-corrected chi connectivity index (χ4v) is 3.35. The van der Waals surface area contributed by atoms with Gasteiger partial charge in [-0.25, -0.2) is 9.67 Å². The number of aromatic nitrogens is 4. The largest absolute Gasteiger partial charge is 0.487 e. The zero-order valence-corrected chi connectivity index (χ0v) is 14.7. The molecule has 6 nitrogen and oxygen atoms in total. The molecule has 4 heterocycles. The molecular weight excluding hydrogens is 314 g/mol.